The fraction of sp³-hybridized carbons (Fsp3) is 0.421. The van der Waals surface area contributed by atoms with Crippen LogP contribution in [0.3, 0.4) is 0 Å². The van der Waals surface area contributed by atoms with E-state index in [1.165, 1.54) is 12.8 Å². The molecule has 2 fully saturated rings. The largest absolute Gasteiger partial charge is 0.339 e. The molecule has 2 aliphatic rings. The first-order valence-corrected chi connectivity index (χ1v) is 8.67. The van der Waals surface area contributed by atoms with Gasteiger partial charge in [-0.1, -0.05) is 31.0 Å². The van der Waals surface area contributed by atoms with Crippen molar-refractivity contribution >= 4 is 28.5 Å². The van der Waals surface area contributed by atoms with Gasteiger partial charge < -0.3 is 10.2 Å². The summed E-state index contributed by atoms with van der Waals surface area (Å²) in [5.41, 5.74) is 0.852. The molecule has 0 spiro atoms. The smallest absolute Gasteiger partial charge is 0.230 e. The first-order chi connectivity index (χ1) is 11.7. The first kappa shape index (κ1) is 15.1. The molecule has 1 aliphatic heterocycles. The average Bonchev–Trinajstić information content (AvgIpc) is 3.24. The molecule has 1 saturated heterocycles. The number of amides is 2. The Bertz CT molecular complexity index is 783. The molecule has 1 aliphatic carbocycles. The predicted octanol–water partition coefficient (Wildman–Crippen LogP) is 2.96. The van der Waals surface area contributed by atoms with Gasteiger partial charge in [0.1, 0.15) is 5.82 Å². The second-order valence-corrected chi connectivity index (χ2v) is 6.76. The monoisotopic (exact) mass is 323 g/mol. The number of hydrogen-bond donors (Lipinski definition) is 1. The number of aromatic nitrogens is 1. The lowest BCUT2D eigenvalue weighted by molar-refractivity contribution is -0.129. The number of benzene rings is 1. The van der Waals surface area contributed by atoms with Gasteiger partial charge in [-0.2, -0.15) is 0 Å². The summed E-state index contributed by atoms with van der Waals surface area (Å²) < 4.78 is 0. The number of para-hydroxylation sites is 1. The predicted molar refractivity (Wildman–Crippen MR) is 92.4 cm³/mol. The Morgan fingerprint density at radius 1 is 1.12 bits per heavy atom. The minimum atomic E-state index is -0.272. The van der Waals surface area contributed by atoms with E-state index in [2.05, 4.69) is 10.3 Å². The summed E-state index contributed by atoms with van der Waals surface area (Å²) in [6.45, 7) is 0.545. The van der Waals surface area contributed by atoms with Crippen molar-refractivity contribution in [2.75, 3.05) is 11.9 Å². The summed E-state index contributed by atoms with van der Waals surface area (Å²) in [6.07, 6.45) is 4.84. The van der Waals surface area contributed by atoms with E-state index in [4.69, 9.17) is 0 Å². The van der Waals surface area contributed by atoms with Gasteiger partial charge >= 0.3 is 0 Å². The van der Waals surface area contributed by atoms with E-state index in [9.17, 15) is 9.59 Å². The van der Waals surface area contributed by atoms with Crippen LogP contribution in [0.5, 0.6) is 0 Å². The summed E-state index contributed by atoms with van der Waals surface area (Å²) in [7, 11) is 0. The normalized spacial score (nSPS) is 21.6. The van der Waals surface area contributed by atoms with Crippen molar-refractivity contribution in [3.63, 3.8) is 0 Å². The van der Waals surface area contributed by atoms with Gasteiger partial charge in [0.15, 0.2) is 0 Å². The Labute approximate surface area is 141 Å². The third-order valence-electron chi connectivity index (χ3n) is 5.14. The molecule has 0 radical (unpaired) electrons. The lowest BCUT2D eigenvalue weighted by Gasteiger charge is -2.23. The molecule has 2 aromatic rings. The highest BCUT2D eigenvalue weighted by Crippen LogP contribution is 2.30. The van der Waals surface area contributed by atoms with E-state index in [0.717, 1.165) is 23.7 Å². The molecule has 1 aromatic heterocycles. The van der Waals surface area contributed by atoms with Crippen LogP contribution >= 0.6 is 0 Å². The van der Waals surface area contributed by atoms with E-state index < -0.39 is 0 Å². The molecule has 0 bridgehead atoms. The number of nitrogens with zero attached hydrogens (tertiary/aromatic N) is 2. The quantitative estimate of drug-likeness (QED) is 0.944. The molecule has 5 heteroatoms. The number of rotatable bonds is 3. The van der Waals surface area contributed by atoms with Crippen molar-refractivity contribution in [3.05, 3.63) is 36.4 Å². The second kappa shape index (κ2) is 6.23. The zero-order valence-electron chi connectivity index (χ0n) is 13.6. The van der Waals surface area contributed by atoms with Crippen LogP contribution in [0.1, 0.15) is 32.1 Å². The van der Waals surface area contributed by atoms with E-state index in [1.807, 2.05) is 41.3 Å². The molecule has 1 atom stereocenters. The van der Waals surface area contributed by atoms with E-state index in [1.54, 1.807) is 0 Å². The third kappa shape index (κ3) is 2.86. The summed E-state index contributed by atoms with van der Waals surface area (Å²) >= 11 is 0. The summed E-state index contributed by atoms with van der Waals surface area (Å²) in [5, 5.41) is 3.92. The fourth-order valence-electron chi connectivity index (χ4n) is 3.84. The van der Waals surface area contributed by atoms with Crippen LogP contribution in [0.2, 0.25) is 0 Å². The van der Waals surface area contributed by atoms with Crippen molar-refractivity contribution in [2.45, 2.75) is 38.1 Å². The molecular weight excluding hydrogens is 302 g/mol. The summed E-state index contributed by atoms with van der Waals surface area (Å²) in [6, 6.07) is 11.9. The van der Waals surface area contributed by atoms with Crippen molar-refractivity contribution in [1.82, 2.24) is 9.88 Å². The average molecular weight is 323 g/mol. The molecule has 124 valence electrons. The summed E-state index contributed by atoms with van der Waals surface area (Å²) in [5.74, 6) is 0.289. The Kier molecular flexibility index (Phi) is 3.92. The molecule has 0 unspecified atom stereocenters. The molecule has 1 N–H and O–H groups in total. The van der Waals surface area contributed by atoms with Gasteiger partial charge in [-0.05, 0) is 31.0 Å². The van der Waals surface area contributed by atoms with Gasteiger partial charge in [-0.25, -0.2) is 4.98 Å². The lowest BCUT2D eigenvalue weighted by Crippen LogP contribution is -2.35. The molecule has 1 saturated carbocycles. The Morgan fingerprint density at radius 3 is 2.75 bits per heavy atom. The molecule has 1 aromatic carbocycles. The highest BCUT2D eigenvalue weighted by molar-refractivity contribution is 5.97. The van der Waals surface area contributed by atoms with Crippen molar-refractivity contribution in [1.29, 1.82) is 0 Å². The van der Waals surface area contributed by atoms with Crippen LogP contribution in [0.4, 0.5) is 5.82 Å². The number of pyridine rings is 1. The number of likely N-dealkylation sites (tertiary alicyclic amines) is 1. The van der Waals surface area contributed by atoms with Crippen LogP contribution in [0.25, 0.3) is 10.9 Å². The Balaban J connectivity index is 1.44. The number of hydrogen-bond acceptors (Lipinski definition) is 3. The van der Waals surface area contributed by atoms with Crippen molar-refractivity contribution < 1.29 is 9.59 Å². The summed E-state index contributed by atoms with van der Waals surface area (Å²) in [4.78, 5) is 31.2. The van der Waals surface area contributed by atoms with Gasteiger partial charge in [-0.3, -0.25) is 9.59 Å². The van der Waals surface area contributed by atoms with Gasteiger partial charge in [0, 0.05) is 24.4 Å². The first-order valence-electron chi connectivity index (χ1n) is 8.67. The number of nitrogens with one attached hydrogen (secondary N) is 1. The zero-order chi connectivity index (χ0) is 16.5. The van der Waals surface area contributed by atoms with E-state index >= 15 is 0 Å². The molecule has 5 nitrogen and oxygen atoms in total. The Morgan fingerprint density at radius 2 is 1.92 bits per heavy atom. The van der Waals surface area contributed by atoms with Crippen LogP contribution in [0, 0.1) is 5.92 Å². The van der Waals surface area contributed by atoms with Gasteiger partial charge in [0.25, 0.3) is 0 Å². The Hall–Kier alpha value is -2.43. The van der Waals surface area contributed by atoms with Crippen molar-refractivity contribution in [2.24, 2.45) is 5.92 Å². The van der Waals surface area contributed by atoms with Crippen LogP contribution in [-0.4, -0.2) is 34.3 Å². The minimum Gasteiger partial charge on any atom is -0.339 e. The van der Waals surface area contributed by atoms with E-state index in [-0.39, 0.29) is 17.7 Å². The maximum atomic E-state index is 12.5. The van der Waals surface area contributed by atoms with Gasteiger partial charge in [0.2, 0.25) is 11.8 Å². The van der Waals surface area contributed by atoms with Crippen LogP contribution < -0.4 is 5.32 Å². The molecule has 24 heavy (non-hydrogen) atoms. The number of carbonyl (C=O) groups is 2. The van der Waals surface area contributed by atoms with Crippen molar-refractivity contribution in [3.8, 4) is 0 Å². The molecule has 2 heterocycles. The fourth-order valence-corrected chi connectivity index (χ4v) is 3.84. The minimum absolute atomic E-state index is 0.105. The number of fused-ring (bicyclic) bond motifs is 1. The second-order valence-electron chi connectivity index (χ2n) is 6.76. The number of carbonyl (C=O) groups excluding carboxylic acids is 2. The lowest BCUT2D eigenvalue weighted by atomic mass is 10.1. The number of anilines is 1. The molecule has 4 rings (SSSR count). The molecule has 2 amide bonds. The van der Waals surface area contributed by atoms with Crippen LogP contribution in [0.15, 0.2) is 36.4 Å². The standard InChI is InChI=1S/C19H21N3O2/c23-18-11-14(12-22(18)15-6-2-3-7-15)19(24)21-17-10-9-13-5-1-4-8-16(13)20-17/h1,4-5,8-10,14-15H,2-3,6-7,11-12H2,(H,20,21,24)/t14-/m1/s1. The van der Waals surface area contributed by atoms with Crippen LogP contribution in [-0.2, 0) is 9.59 Å². The highest BCUT2D eigenvalue weighted by Gasteiger charge is 2.38. The van der Waals surface area contributed by atoms with Gasteiger partial charge in [-0.15, -0.1) is 0 Å². The zero-order valence-corrected chi connectivity index (χ0v) is 13.6. The molecular formula is C19H21N3O2. The maximum Gasteiger partial charge on any atom is 0.230 e. The maximum absolute atomic E-state index is 12.5. The topological polar surface area (TPSA) is 62.3 Å². The third-order valence-corrected chi connectivity index (χ3v) is 5.14. The SMILES string of the molecule is O=C(Nc1ccc2ccccc2n1)[C@@H]1CC(=O)N(C2CCCC2)C1. The van der Waals surface area contributed by atoms with Gasteiger partial charge in [0.05, 0.1) is 11.4 Å². The highest BCUT2D eigenvalue weighted by atomic mass is 16.2. The van der Waals surface area contributed by atoms with E-state index in [0.29, 0.717) is 24.8 Å².